The maximum absolute atomic E-state index is 12.2. The van der Waals surface area contributed by atoms with Crippen molar-refractivity contribution < 1.29 is 4.79 Å². The molecule has 0 unspecified atom stereocenters. The number of carbonyl (C=O) groups is 1. The lowest BCUT2D eigenvalue weighted by molar-refractivity contribution is -0.113. The average Bonchev–Trinajstić information content (AvgIpc) is 3.21. The molecular formula is C17H19N5OS. The number of hydrogen-bond donors (Lipinski definition) is 1. The molecule has 6 nitrogen and oxygen atoms in total. The number of aromatic nitrogens is 4. The molecule has 0 spiro atoms. The van der Waals surface area contributed by atoms with Crippen LogP contribution in [0.3, 0.4) is 0 Å². The zero-order valence-corrected chi connectivity index (χ0v) is 14.5. The standard InChI is InChI=1S/C17H19N5OS/c1-3-15-19-20-17(22(15)21-9-4-5-10-21)24-12-16(23)18-14-8-6-7-13(2)11-14/h4-11H,3,12H2,1-2H3,(H,18,23). The fourth-order valence-electron chi connectivity index (χ4n) is 2.35. The van der Waals surface area contributed by atoms with E-state index < -0.39 is 0 Å². The van der Waals surface area contributed by atoms with Crippen LogP contribution in [0.1, 0.15) is 18.3 Å². The Bertz CT molecular complexity index is 825. The van der Waals surface area contributed by atoms with Crippen molar-refractivity contribution in [3.05, 3.63) is 60.2 Å². The summed E-state index contributed by atoms with van der Waals surface area (Å²) in [5.74, 6) is 1.07. The lowest BCUT2D eigenvalue weighted by Gasteiger charge is -2.10. The van der Waals surface area contributed by atoms with E-state index in [9.17, 15) is 4.79 Å². The minimum atomic E-state index is -0.0642. The van der Waals surface area contributed by atoms with Gasteiger partial charge >= 0.3 is 0 Å². The minimum absolute atomic E-state index is 0.0642. The van der Waals surface area contributed by atoms with Crippen molar-refractivity contribution in [1.29, 1.82) is 0 Å². The second kappa shape index (κ2) is 7.35. The summed E-state index contributed by atoms with van der Waals surface area (Å²) in [7, 11) is 0. The Morgan fingerprint density at radius 2 is 2.00 bits per heavy atom. The highest BCUT2D eigenvalue weighted by atomic mass is 32.2. The third-order valence-corrected chi connectivity index (χ3v) is 4.37. The Hall–Kier alpha value is -2.54. The van der Waals surface area contributed by atoms with Crippen LogP contribution >= 0.6 is 11.8 Å². The van der Waals surface area contributed by atoms with Gasteiger partial charge in [0.25, 0.3) is 0 Å². The van der Waals surface area contributed by atoms with Crippen LogP contribution in [0.15, 0.2) is 53.9 Å². The molecule has 0 aliphatic heterocycles. The van der Waals surface area contributed by atoms with Crippen LogP contribution in [0.5, 0.6) is 0 Å². The number of hydrogen-bond acceptors (Lipinski definition) is 4. The molecule has 24 heavy (non-hydrogen) atoms. The van der Waals surface area contributed by atoms with Crippen molar-refractivity contribution in [3.8, 4) is 0 Å². The summed E-state index contributed by atoms with van der Waals surface area (Å²) < 4.78 is 3.84. The van der Waals surface area contributed by atoms with Gasteiger partial charge < -0.3 is 5.32 Å². The number of aryl methyl sites for hydroxylation is 2. The van der Waals surface area contributed by atoms with E-state index in [2.05, 4.69) is 15.5 Å². The number of nitrogens with one attached hydrogen (secondary N) is 1. The van der Waals surface area contributed by atoms with Crippen molar-refractivity contribution >= 4 is 23.4 Å². The second-order valence-electron chi connectivity index (χ2n) is 5.33. The number of rotatable bonds is 6. The topological polar surface area (TPSA) is 64.7 Å². The van der Waals surface area contributed by atoms with Crippen LogP contribution in [0, 0.1) is 6.92 Å². The largest absolute Gasteiger partial charge is 0.325 e. The molecular weight excluding hydrogens is 322 g/mol. The molecule has 0 aliphatic carbocycles. The summed E-state index contributed by atoms with van der Waals surface area (Å²) >= 11 is 1.37. The predicted molar refractivity (Wildman–Crippen MR) is 95.2 cm³/mol. The van der Waals surface area contributed by atoms with E-state index in [0.29, 0.717) is 5.16 Å². The third-order valence-electron chi connectivity index (χ3n) is 3.45. The lowest BCUT2D eigenvalue weighted by atomic mass is 10.2. The Balaban J connectivity index is 1.69. The molecule has 0 bridgehead atoms. The van der Waals surface area contributed by atoms with Gasteiger partial charge in [0.05, 0.1) is 5.75 Å². The van der Waals surface area contributed by atoms with Crippen molar-refractivity contribution in [2.75, 3.05) is 11.1 Å². The highest BCUT2D eigenvalue weighted by Crippen LogP contribution is 2.18. The Kier molecular flexibility index (Phi) is 5.00. The Morgan fingerprint density at radius 1 is 1.21 bits per heavy atom. The summed E-state index contributed by atoms with van der Waals surface area (Å²) in [6.07, 6.45) is 4.63. The van der Waals surface area contributed by atoms with Crippen molar-refractivity contribution in [2.24, 2.45) is 0 Å². The van der Waals surface area contributed by atoms with Gasteiger partial charge in [0.2, 0.25) is 11.1 Å². The third kappa shape index (κ3) is 3.68. The van der Waals surface area contributed by atoms with Gasteiger partial charge in [-0.15, -0.1) is 10.2 Å². The molecule has 0 saturated carbocycles. The van der Waals surface area contributed by atoms with Crippen LogP contribution in [-0.4, -0.2) is 31.2 Å². The average molecular weight is 341 g/mol. The molecule has 124 valence electrons. The number of carbonyl (C=O) groups excluding carboxylic acids is 1. The van der Waals surface area contributed by atoms with E-state index in [4.69, 9.17) is 0 Å². The van der Waals surface area contributed by atoms with Gasteiger partial charge in [-0.1, -0.05) is 30.8 Å². The predicted octanol–water partition coefficient (Wildman–Crippen LogP) is 2.99. The van der Waals surface area contributed by atoms with Gasteiger partial charge in [-0.05, 0) is 36.8 Å². The molecule has 1 amide bonds. The van der Waals surface area contributed by atoms with Crippen LogP contribution in [0.2, 0.25) is 0 Å². The summed E-state index contributed by atoms with van der Waals surface area (Å²) in [6.45, 7) is 4.03. The van der Waals surface area contributed by atoms with E-state index >= 15 is 0 Å². The second-order valence-corrected chi connectivity index (χ2v) is 6.28. The first-order valence-corrected chi connectivity index (χ1v) is 8.73. The highest BCUT2D eigenvalue weighted by molar-refractivity contribution is 7.99. The lowest BCUT2D eigenvalue weighted by Crippen LogP contribution is -2.16. The van der Waals surface area contributed by atoms with E-state index in [-0.39, 0.29) is 11.7 Å². The summed E-state index contributed by atoms with van der Waals surface area (Å²) in [6, 6.07) is 11.6. The molecule has 2 aromatic heterocycles. The molecule has 0 aliphatic rings. The fraction of sp³-hybridized carbons (Fsp3) is 0.235. The van der Waals surface area contributed by atoms with Gasteiger partial charge in [-0.3, -0.25) is 9.47 Å². The smallest absolute Gasteiger partial charge is 0.234 e. The van der Waals surface area contributed by atoms with Gasteiger partial charge in [0.15, 0.2) is 5.82 Å². The normalized spacial score (nSPS) is 10.8. The zero-order valence-electron chi connectivity index (χ0n) is 13.6. The number of anilines is 1. The zero-order chi connectivity index (χ0) is 16.9. The summed E-state index contributed by atoms with van der Waals surface area (Å²) in [5, 5.41) is 12.0. The SMILES string of the molecule is CCc1nnc(SCC(=O)Nc2cccc(C)c2)n1-n1cccc1. The molecule has 0 atom stereocenters. The molecule has 0 saturated heterocycles. The van der Waals surface area contributed by atoms with Gasteiger partial charge in [-0.2, -0.15) is 0 Å². The molecule has 1 aromatic carbocycles. The van der Waals surface area contributed by atoms with Crippen molar-refractivity contribution in [3.63, 3.8) is 0 Å². The molecule has 3 aromatic rings. The van der Waals surface area contributed by atoms with Crippen LogP contribution in [0.25, 0.3) is 0 Å². The first-order chi connectivity index (χ1) is 11.7. The molecule has 1 N–H and O–H groups in total. The number of nitrogens with zero attached hydrogens (tertiary/aromatic N) is 4. The first-order valence-electron chi connectivity index (χ1n) is 7.74. The van der Waals surface area contributed by atoms with Gasteiger partial charge in [-0.25, -0.2) is 4.68 Å². The molecule has 2 heterocycles. The van der Waals surface area contributed by atoms with Crippen LogP contribution < -0.4 is 5.32 Å². The van der Waals surface area contributed by atoms with Crippen molar-refractivity contribution in [2.45, 2.75) is 25.4 Å². The molecule has 7 heteroatoms. The minimum Gasteiger partial charge on any atom is -0.325 e. The van der Waals surface area contributed by atoms with Gasteiger partial charge in [0, 0.05) is 24.5 Å². The van der Waals surface area contributed by atoms with E-state index in [1.54, 1.807) is 0 Å². The fourth-order valence-corrected chi connectivity index (χ4v) is 3.10. The first kappa shape index (κ1) is 16.3. The van der Waals surface area contributed by atoms with E-state index in [1.165, 1.54) is 11.8 Å². The molecule has 0 fully saturated rings. The van der Waals surface area contributed by atoms with E-state index in [1.807, 2.05) is 72.0 Å². The maximum Gasteiger partial charge on any atom is 0.234 e. The van der Waals surface area contributed by atoms with Gasteiger partial charge in [0.1, 0.15) is 0 Å². The molecule has 0 radical (unpaired) electrons. The highest BCUT2D eigenvalue weighted by Gasteiger charge is 2.14. The number of benzene rings is 1. The number of thioether (sulfide) groups is 1. The summed E-state index contributed by atoms with van der Waals surface area (Å²) in [4.78, 5) is 12.2. The van der Waals surface area contributed by atoms with E-state index in [0.717, 1.165) is 23.5 Å². The summed E-state index contributed by atoms with van der Waals surface area (Å²) in [5.41, 5.74) is 1.92. The quantitative estimate of drug-likeness (QED) is 0.700. The Labute approximate surface area is 144 Å². The van der Waals surface area contributed by atoms with Crippen molar-refractivity contribution in [1.82, 2.24) is 19.5 Å². The van der Waals surface area contributed by atoms with Crippen LogP contribution in [0.4, 0.5) is 5.69 Å². The Morgan fingerprint density at radius 3 is 2.71 bits per heavy atom. The maximum atomic E-state index is 12.2. The monoisotopic (exact) mass is 341 g/mol. The van der Waals surface area contributed by atoms with Crippen LogP contribution in [-0.2, 0) is 11.2 Å². The number of amides is 1. The molecule has 3 rings (SSSR count).